The van der Waals surface area contributed by atoms with Crippen LogP contribution in [0.2, 0.25) is 0 Å². The largest absolute Gasteiger partial charge is 0.497 e. The molecule has 0 fully saturated rings. The Morgan fingerprint density at radius 1 is 0.958 bits per heavy atom. The van der Waals surface area contributed by atoms with Crippen molar-refractivity contribution < 1.29 is 22.6 Å². The normalized spacial score (nSPS) is 11.5. The summed E-state index contributed by atoms with van der Waals surface area (Å²) in [4.78, 5) is 4.44. The molecule has 3 rings (SSSR count). The second-order valence-electron chi connectivity index (χ2n) is 5.18. The Bertz CT molecular complexity index is 862. The molecule has 24 heavy (non-hydrogen) atoms. The van der Waals surface area contributed by atoms with Gasteiger partial charge in [0, 0.05) is 11.5 Å². The first-order chi connectivity index (χ1) is 11.5. The fourth-order valence-corrected chi connectivity index (χ4v) is 2.27. The van der Waals surface area contributed by atoms with Crippen molar-refractivity contribution in [3.63, 3.8) is 0 Å². The topological polar surface area (TPSA) is 31.4 Å². The van der Waals surface area contributed by atoms with Crippen LogP contribution in [0.4, 0.5) is 13.2 Å². The number of aromatic nitrogens is 1. The number of fused-ring (bicyclic) bond motifs is 1. The van der Waals surface area contributed by atoms with Gasteiger partial charge in [0.25, 0.3) is 0 Å². The lowest BCUT2D eigenvalue weighted by Crippen LogP contribution is -2.05. The third-order valence-electron chi connectivity index (χ3n) is 3.51. The Balaban J connectivity index is 1.78. The minimum absolute atomic E-state index is 0.0778. The van der Waals surface area contributed by atoms with Crippen molar-refractivity contribution in [3.8, 4) is 11.5 Å². The smallest absolute Gasteiger partial charge is 0.416 e. The maximum absolute atomic E-state index is 12.7. The second-order valence-corrected chi connectivity index (χ2v) is 5.18. The van der Waals surface area contributed by atoms with E-state index in [1.807, 2.05) is 18.2 Å². The van der Waals surface area contributed by atoms with Gasteiger partial charge >= 0.3 is 6.18 Å². The number of ether oxygens (including phenoxy) is 2. The highest BCUT2D eigenvalue weighted by Gasteiger charge is 2.30. The molecule has 3 nitrogen and oxygen atoms in total. The fourth-order valence-electron chi connectivity index (χ4n) is 2.27. The van der Waals surface area contributed by atoms with Crippen molar-refractivity contribution in [2.75, 3.05) is 7.11 Å². The van der Waals surface area contributed by atoms with Crippen LogP contribution in [0.25, 0.3) is 10.9 Å². The lowest BCUT2D eigenvalue weighted by molar-refractivity contribution is -0.137. The zero-order valence-electron chi connectivity index (χ0n) is 12.8. The van der Waals surface area contributed by atoms with Gasteiger partial charge in [-0.25, -0.2) is 4.98 Å². The lowest BCUT2D eigenvalue weighted by Gasteiger charge is -2.10. The lowest BCUT2D eigenvalue weighted by atomic mass is 10.2. The Labute approximate surface area is 136 Å². The summed E-state index contributed by atoms with van der Waals surface area (Å²) < 4.78 is 48.7. The molecule has 0 spiro atoms. The summed E-state index contributed by atoms with van der Waals surface area (Å²) >= 11 is 0. The Morgan fingerprint density at radius 2 is 1.75 bits per heavy atom. The van der Waals surface area contributed by atoms with Crippen LogP contribution in [0, 0.1) is 0 Å². The number of rotatable bonds is 4. The summed E-state index contributed by atoms with van der Waals surface area (Å²) in [5.74, 6) is 0.836. The zero-order valence-corrected chi connectivity index (χ0v) is 12.8. The van der Waals surface area contributed by atoms with Crippen LogP contribution in [0.3, 0.4) is 0 Å². The third kappa shape index (κ3) is 3.59. The van der Waals surface area contributed by atoms with Crippen LogP contribution >= 0.6 is 0 Å². The van der Waals surface area contributed by atoms with E-state index in [2.05, 4.69) is 4.98 Å². The summed E-state index contributed by atoms with van der Waals surface area (Å²) in [5, 5.41) is 0.943. The van der Waals surface area contributed by atoms with Gasteiger partial charge in [0.05, 0.1) is 23.9 Å². The molecule has 0 amide bonds. The molecule has 0 aliphatic carbocycles. The molecule has 0 aliphatic heterocycles. The van der Waals surface area contributed by atoms with Crippen LogP contribution in [0.15, 0.2) is 54.6 Å². The highest BCUT2D eigenvalue weighted by atomic mass is 19.4. The number of benzene rings is 2. The molecule has 0 saturated carbocycles. The van der Waals surface area contributed by atoms with Gasteiger partial charge in [-0.1, -0.05) is 12.1 Å². The van der Waals surface area contributed by atoms with E-state index in [9.17, 15) is 13.2 Å². The number of hydrogen-bond acceptors (Lipinski definition) is 3. The average Bonchev–Trinajstić information content (AvgIpc) is 2.58. The quantitative estimate of drug-likeness (QED) is 0.684. The van der Waals surface area contributed by atoms with Gasteiger partial charge in [0.1, 0.15) is 18.1 Å². The van der Waals surface area contributed by atoms with E-state index in [0.29, 0.717) is 11.4 Å². The molecule has 0 atom stereocenters. The first kappa shape index (κ1) is 16.1. The van der Waals surface area contributed by atoms with Gasteiger partial charge in [-0.2, -0.15) is 13.2 Å². The van der Waals surface area contributed by atoms with Crippen LogP contribution in [-0.4, -0.2) is 12.1 Å². The predicted octanol–water partition coefficient (Wildman–Crippen LogP) is 4.84. The van der Waals surface area contributed by atoms with E-state index in [-0.39, 0.29) is 12.4 Å². The zero-order chi connectivity index (χ0) is 17.2. The third-order valence-corrected chi connectivity index (χ3v) is 3.51. The molecular weight excluding hydrogens is 319 g/mol. The van der Waals surface area contributed by atoms with Crippen molar-refractivity contribution in [3.05, 3.63) is 65.9 Å². The molecule has 0 radical (unpaired) electrons. The van der Waals surface area contributed by atoms with Crippen molar-refractivity contribution in [2.24, 2.45) is 0 Å². The highest BCUT2D eigenvalue weighted by Crippen LogP contribution is 2.31. The number of pyridine rings is 1. The minimum Gasteiger partial charge on any atom is -0.497 e. The van der Waals surface area contributed by atoms with Crippen LogP contribution in [0.1, 0.15) is 11.3 Å². The number of nitrogens with zero attached hydrogens (tertiary/aromatic N) is 1. The summed E-state index contributed by atoms with van der Waals surface area (Å²) in [6, 6.07) is 14.0. The van der Waals surface area contributed by atoms with Gasteiger partial charge in [0.2, 0.25) is 0 Å². The first-order valence-electron chi connectivity index (χ1n) is 7.19. The number of hydrogen-bond donors (Lipinski definition) is 0. The van der Waals surface area contributed by atoms with Crippen molar-refractivity contribution in [1.82, 2.24) is 4.98 Å². The molecule has 1 aromatic heterocycles. The van der Waals surface area contributed by atoms with E-state index < -0.39 is 11.7 Å². The van der Waals surface area contributed by atoms with Crippen molar-refractivity contribution in [1.29, 1.82) is 0 Å². The van der Waals surface area contributed by atoms with Crippen LogP contribution < -0.4 is 9.47 Å². The van der Waals surface area contributed by atoms with E-state index >= 15 is 0 Å². The molecule has 0 unspecified atom stereocenters. The standard InChI is InChI=1S/C18H14F3NO2/c1-23-15-8-6-12-5-7-14(22-17(12)10-15)11-24-16-4-2-3-13(9-16)18(19,20)21/h2-10H,11H2,1H3. The maximum atomic E-state index is 12.7. The van der Waals surface area contributed by atoms with Gasteiger partial charge in [-0.3, -0.25) is 0 Å². The van der Waals surface area contributed by atoms with Crippen molar-refractivity contribution in [2.45, 2.75) is 12.8 Å². The molecule has 0 N–H and O–H groups in total. The van der Waals surface area contributed by atoms with Crippen molar-refractivity contribution >= 4 is 10.9 Å². The molecule has 124 valence electrons. The average molecular weight is 333 g/mol. The summed E-state index contributed by atoms with van der Waals surface area (Å²) in [7, 11) is 1.57. The molecule has 0 bridgehead atoms. The monoisotopic (exact) mass is 333 g/mol. The summed E-state index contributed by atoms with van der Waals surface area (Å²) in [5.41, 5.74) is 0.615. The second kappa shape index (κ2) is 6.39. The molecule has 3 aromatic rings. The number of alkyl halides is 3. The minimum atomic E-state index is -4.39. The molecular formula is C18H14F3NO2. The fraction of sp³-hybridized carbons (Fsp3) is 0.167. The number of methoxy groups -OCH3 is 1. The van der Waals surface area contributed by atoms with Gasteiger partial charge in [-0.05, 0) is 36.4 Å². The van der Waals surface area contributed by atoms with E-state index in [0.717, 1.165) is 23.0 Å². The Hall–Kier alpha value is -2.76. The number of halogens is 3. The first-order valence-corrected chi connectivity index (χ1v) is 7.19. The maximum Gasteiger partial charge on any atom is 0.416 e. The van der Waals surface area contributed by atoms with Crippen LogP contribution in [-0.2, 0) is 12.8 Å². The molecule has 0 saturated heterocycles. The van der Waals surface area contributed by atoms with Crippen LogP contribution in [0.5, 0.6) is 11.5 Å². The van der Waals surface area contributed by atoms with E-state index in [4.69, 9.17) is 9.47 Å². The van der Waals surface area contributed by atoms with Gasteiger partial charge < -0.3 is 9.47 Å². The van der Waals surface area contributed by atoms with E-state index in [1.165, 1.54) is 12.1 Å². The predicted molar refractivity (Wildman–Crippen MR) is 84.1 cm³/mol. The molecule has 1 heterocycles. The summed E-state index contributed by atoms with van der Waals surface area (Å²) in [6.07, 6.45) is -4.39. The van der Waals surface area contributed by atoms with Gasteiger partial charge in [0.15, 0.2) is 0 Å². The Morgan fingerprint density at radius 3 is 2.50 bits per heavy atom. The van der Waals surface area contributed by atoms with E-state index in [1.54, 1.807) is 19.2 Å². The van der Waals surface area contributed by atoms with Gasteiger partial charge in [-0.15, -0.1) is 0 Å². The Kier molecular flexibility index (Phi) is 4.29. The molecule has 2 aromatic carbocycles. The molecule has 0 aliphatic rings. The molecule has 6 heteroatoms. The summed E-state index contributed by atoms with van der Waals surface area (Å²) in [6.45, 7) is 0.0778. The highest BCUT2D eigenvalue weighted by molar-refractivity contribution is 5.80. The SMILES string of the molecule is COc1ccc2ccc(COc3cccc(C(F)(F)F)c3)nc2c1.